The van der Waals surface area contributed by atoms with Crippen LogP contribution in [0.25, 0.3) is 0 Å². The van der Waals surface area contributed by atoms with Crippen LogP contribution in [0.15, 0.2) is 48.8 Å². The van der Waals surface area contributed by atoms with Crippen molar-refractivity contribution in [2.24, 2.45) is 0 Å². The van der Waals surface area contributed by atoms with E-state index in [0.717, 1.165) is 16.7 Å². The SMILES string of the molecule is CC(=O)N(CCC(=O)NCc1cccnc1)Cc1ccccc1C. The average molecular weight is 325 g/mol. The number of aryl methyl sites for hydroxylation is 1. The van der Waals surface area contributed by atoms with Crippen LogP contribution in [-0.2, 0) is 22.7 Å². The molecule has 24 heavy (non-hydrogen) atoms. The van der Waals surface area contributed by atoms with E-state index in [-0.39, 0.29) is 18.2 Å². The Morgan fingerprint density at radius 2 is 1.96 bits per heavy atom. The molecule has 0 bridgehead atoms. The summed E-state index contributed by atoms with van der Waals surface area (Å²) in [6.45, 7) is 4.94. The third-order valence-corrected chi connectivity index (χ3v) is 3.89. The third kappa shape index (κ3) is 5.50. The van der Waals surface area contributed by atoms with E-state index >= 15 is 0 Å². The first kappa shape index (κ1) is 17.7. The van der Waals surface area contributed by atoms with Crippen LogP contribution in [0.4, 0.5) is 0 Å². The maximum Gasteiger partial charge on any atom is 0.222 e. The van der Waals surface area contributed by atoms with Crippen LogP contribution in [0, 0.1) is 6.92 Å². The van der Waals surface area contributed by atoms with Crippen LogP contribution in [-0.4, -0.2) is 28.2 Å². The number of nitrogens with one attached hydrogen (secondary N) is 1. The molecule has 2 rings (SSSR count). The van der Waals surface area contributed by atoms with Gasteiger partial charge in [0, 0.05) is 45.4 Å². The fourth-order valence-electron chi connectivity index (χ4n) is 2.37. The van der Waals surface area contributed by atoms with Crippen LogP contribution in [0.1, 0.15) is 30.0 Å². The van der Waals surface area contributed by atoms with Crippen LogP contribution in [0.5, 0.6) is 0 Å². The summed E-state index contributed by atoms with van der Waals surface area (Å²) in [6, 6.07) is 11.7. The molecule has 0 aliphatic carbocycles. The van der Waals surface area contributed by atoms with Gasteiger partial charge in [-0.05, 0) is 29.7 Å². The zero-order chi connectivity index (χ0) is 17.4. The maximum absolute atomic E-state index is 12.0. The Balaban J connectivity index is 1.84. The molecule has 1 heterocycles. The topological polar surface area (TPSA) is 62.3 Å². The summed E-state index contributed by atoms with van der Waals surface area (Å²) >= 11 is 0. The first-order chi connectivity index (χ1) is 11.6. The highest BCUT2D eigenvalue weighted by atomic mass is 16.2. The van der Waals surface area contributed by atoms with Crippen molar-refractivity contribution < 1.29 is 9.59 Å². The Hall–Kier alpha value is -2.69. The Labute approximate surface area is 142 Å². The van der Waals surface area contributed by atoms with Crippen LogP contribution < -0.4 is 5.32 Å². The van der Waals surface area contributed by atoms with Crippen molar-refractivity contribution >= 4 is 11.8 Å². The molecule has 1 aromatic heterocycles. The van der Waals surface area contributed by atoms with Crippen molar-refractivity contribution in [2.45, 2.75) is 33.4 Å². The minimum atomic E-state index is -0.0742. The molecule has 0 aliphatic rings. The minimum Gasteiger partial charge on any atom is -0.352 e. The molecule has 5 heteroatoms. The second kappa shape index (κ2) is 8.82. The number of hydrogen-bond acceptors (Lipinski definition) is 3. The second-order valence-corrected chi connectivity index (χ2v) is 5.76. The summed E-state index contributed by atoms with van der Waals surface area (Å²) in [5.41, 5.74) is 3.20. The molecule has 0 atom stereocenters. The molecule has 0 unspecified atom stereocenters. The van der Waals surface area contributed by atoms with E-state index in [2.05, 4.69) is 10.3 Å². The van der Waals surface area contributed by atoms with Gasteiger partial charge in [-0.1, -0.05) is 30.3 Å². The summed E-state index contributed by atoms with van der Waals surface area (Å²) < 4.78 is 0. The molecule has 5 nitrogen and oxygen atoms in total. The maximum atomic E-state index is 12.0. The van der Waals surface area contributed by atoms with Crippen molar-refractivity contribution in [3.05, 3.63) is 65.5 Å². The monoisotopic (exact) mass is 325 g/mol. The van der Waals surface area contributed by atoms with Crippen LogP contribution in [0.3, 0.4) is 0 Å². The number of carbonyl (C=O) groups excluding carboxylic acids is 2. The predicted molar refractivity (Wildman–Crippen MR) is 93.0 cm³/mol. The zero-order valence-electron chi connectivity index (χ0n) is 14.2. The zero-order valence-corrected chi connectivity index (χ0v) is 14.2. The van der Waals surface area contributed by atoms with Gasteiger partial charge in [0.2, 0.25) is 11.8 Å². The van der Waals surface area contributed by atoms with E-state index in [1.165, 1.54) is 6.92 Å². The molecule has 2 aromatic rings. The molecule has 0 aliphatic heterocycles. The largest absolute Gasteiger partial charge is 0.352 e. The normalized spacial score (nSPS) is 10.2. The van der Waals surface area contributed by atoms with Crippen molar-refractivity contribution in [2.75, 3.05) is 6.54 Å². The third-order valence-electron chi connectivity index (χ3n) is 3.89. The van der Waals surface area contributed by atoms with Crippen molar-refractivity contribution in [1.29, 1.82) is 0 Å². The highest BCUT2D eigenvalue weighted by molar-refractivity contribution is 5.78. The fourth-order valence-corrected chi connectivity index (χ4v) is 2.37. The van der Waals surface area contributed by atoms with E-state index in [1.807, 2.05) is 43.3 Å². The number of aromatic nitrogens is 1. The van der Waals surface area contributed by atoms with Gasteiger partial charge in [-0.25, -0.2) is 0 Å². The molecule has 0 fully saturated rings. The number of pyridine rings is 1. The highest BCUT2D eigenvalue weighted by Crippen LogP contribution is 2.11. The lowest BCUT2D eigenvalue weighted by Gasteiger charge is -2.22. The summed E-state index contributed by atoms with van der Waals surface area (Å²) in [7, 11) is 0. The van der Waals surface area contributed by atoms with Gasteiger partial charge in [0.15, 0.2) is 0 Å². The molecule has 0 saturated carbocycles. The van der Waals surface area contributed by atoms with E-state index in [0.29, 0.717) is 19.6 Å². The molecule has 0 saturated heterocycles. The lowest BCUT2D eigenvalue weighted by Crippen LogP contribution is -2.33. The Morgan fingerprint density at radius 3 is 2.62 bits per heavy atom. The van der Waals surface area contributed by atoms with Crippen molar-refractivity contribution in [1.82, 2.24) is 15.2 Å². The quantitative estimate of drug-likeness (QED) is 0.850. The summed E-state index contributed by atoms with van der Waals surface area (Å²) in [5, 5.41) is 2.85. The number of carbonyl (C=O) groups is 2. The van der Waals surface area contributed by atoms with Gasteiger partial charge < -0.3 is 10.2 Å². The molecule has 0 spiro atoms. The minimum absolute atomic E-state index is 0.0293. The molecule has 0 radical (unpaired) electrons. The number of rotatable bonds is 7. The van der Waals surface area contributed by atoms with Gasteiger partial charge in [-0.2, -0.15) is 0 Å². The number of amides is 2. The van der Waals surface area contributed by atoms with Gasteiger partial charge in [-0.15, -0.1) is 0 Å². The summed E-state index contributed by atoms with van der Waals surface area (Å²) in [4.78, 5) is 29.5. The van der Waals surface area contributed by atoms with Crippen molar-refractivity contribution in [3.8, 4) is 0 Å². The van der Waals surface area contributed by atoms with Gasteiger partial charge >= 0.3 is 0 Å². The van der Waals surface area contributed by atoms with Gasteiger partial charge in [0.1, 0.15) is 0 Å². The summed E-state index contributed by atoms with van der Waals surface area (Å²) in [5.74, 6) is -0.104. The fraction of sp³-hybridized carbons (Fsp3) is 0.316. The molecular formula is C19H23N3O2. The average Bonchev–Trinajstić information content (AvgIpc) is 2.59. The van der Waals surface area contributed by atoms with Crippen LogP contribution in [0.2, 0.25) is 0 Å². The van der Waals surface area contributed by atoms with Gasteiger partial charge in [-0.3, -0.25) is 14.6 Å². The summed E-state index contributed by atoms with van der Waals surface area (Å²) in [6.07, 6.45) is 3.70. The lowest BCUT2D eigenvalue weighted by atomic mass is 10.1. The molecule has 1 aromatic carbocycles. The first-order valence-corrected chi connectivity index (χ1v) is 8.02. The standard InChI is InChI=1S/C19H23N3O2/c1-15-6-3-4-8-18(15)14-22(16(2)23)11-9-19(24)21-13-17-7-5-10-20-12-17/h3-8,10,12H,9,11,13-14H2,1-2H3,(H,21,24). The second-order valence-electron chi connectivity index (χ2n) is 5.76. The molecule has 1 N–H and O–H groups in total. The van der Waals surface area contributed by atoms with E-state index < -0.39 is 0 Å². The van der Waals surface area contributed by atoms with Gasteiger partial charge in [0.05, 0.1) is 0 Å². The smallest absolute Gasteiger partial charge is 0.222 e. The number of benzene rings is 1. The Kier molecular flexibility index (Phi) is 6.49. The highest BCUT2D eigenvalue weighted by Gasteiger charge is 2.12. The van der Waals surface area contributed by atoms with E-state index in [4.69, 9.17) is 0 Å². The van der Waals surface area contributed by atoms with E-state index in [1.54, 1.807) is 17.3 Å². The number of hydrogen-bond donors (Lipinski definition) is 1. The first-order valence-electron chi connectivity index (χ1n) is 8.02. The number of nitrogens with zero attached hydrogens (tertiary/aromatic N) is 2. The van der Waals surface area contributed by atoms with Crippen LogP contribution >= 0.6 is 0 Å². The molecule has 126 valence electrons. The van der Waals surface area contributed by atoms with Gasteiger partial charge in [0.25, 0.3) is 0 Å². The Morgan fingerprint density at radius 1 is 1.17 bits per heavy atom. The lowest BCUT2D eigenvalue weighted by molar-refractivity contribution is -0.130. The van der Waals surface area contributed by atoms with Crippen molar-refractivity contribution in [3.63, 3.8) is 0 Å². The molecule has 2 amide bonds. The predicted octanol–water partition coefficient (Wildman–Crippen LogP) is 2.45. The van der Waals surface area contributed by atoms with E-state index in [9.17, 15) is 9.59 Å². The molecular weight excluding hydrogens is 302 g/mol. The Bertz CT molecular complexity index is 686.